The van der Waals surface area contributed by atoms with E-state index in [1.54, 1.807) is 12.2 Å². The Morgan fingerprint density at radius 2 is 2.00 bits per heavy atom. The summed E-state index contributed by atoms with van der Waals surface area (Å²) in [7, 11) is 0. The number of allylic oxidation sites excluding steroid dienone is 5. The van der Waals surface area contributed by atoms with Crippen molar-refractivity contribution in [2.24, 2.45) is 5.41 Å². The van der Waals surface area contributed by atoms with Crippen molar-refractivity contribution in [3.05, 3.63) is 36.1 Å². The van der Waals surface area contributed by atoms with Gasteiger partial charge in [0.15, 0.2) is 0 Å². The van der Waals surface area contributed by atoms with Gasteiger partial charge in [-0.3, -0.25) is 0 Å². The summed E-state index contributed by atoms with van der Waals surface area (Å²) < 4.78 is 0. The van der Waals surface area contributed by atoms with Crippen LogP contribution >= 0.6 is 0 Å². The van der Waals surface area contributed by atoms with Gasteiger partial charge in [-0.2, -0.15) is 0 Å². The molecular formula is C9H12O. The van der Waals surface area contributed by atoms with Gasteiger partial charge in [0.1, 0.15) is 5.76 Å². The van der Waals surface area contributed by atoms with Gasteiger partial charge >= 0.3 is 0 Å². The Labute approximate surface area is 61.4 Å². The molecule has 1 aliphatic rings. The minimum Gasteiger partial charge on any atom is -0.508 e. The second-order valence-corrected chi connectivity index (χ2v) is 3.11. The fraction of sp³-hybridized carbons (Fsp3) is 0.333. The minimum absolute atomic E-state index is 0.0704. The van der Waals surface area contributed by atoms with Crippen LogP contribution in [0.5, 0.6) is 0 Å². The Morgan fingerprint density at radius 3 is 2.70 bits per heavy atom. The van der Waals surface area contributed by atoms with E-state index in [1.165, 1.54) is 0 Å². The van der Waals surface area contributed by atoms with E-state index in [0.29, 0.717) is 5.76 Å². The van der Waals surface area contributed by atoms with Crippen LogP contribution in [0.25, 0.3) is 0 Å². The third-order valence-corrected chi connectivity index (χ3v) is 1.48. The summed E-state index contributed by atoms with van der Waals surface area (Å²) in [6.07, 6.45) is 9.30. The van der Waals surface area contributed by atoms with Gasteiger partial charge in [-0.1, -0.05) is 32.1 Å². The molecule has 0 heterocycles. The van der Waals surface area contributed by atoms with Gasteiger partial charge in [-0.25, -0.2) is 0 Å². The van der Waals surface area contributed by atoms with Crippen LogP contribution in [0.2, 0.25) is 0 Å². The Hall–Kier alpha value is -0.980. The van der Waals surface area contributed by atoms with E-state index in [0.717, 1.165) is 0 Å². The molecule has 0 radical (unpaired) electrons. The molecule has 0 bridgehead atoms. The summed E-state index contributed by atoms with van der Waals surface area (Å²) in [4.78, 5) is 0. The Balaban J connectivity index is 2.88. The molecule has 0 saturated carbocycles. The average molecular weight is 136 g/mol. The van der Waals surface area contributed by atoms with Gasteiger partial charge in [0.2, 0.25) is 0 Å². The summed E-state index contributed by atoms with van der Waals surface area (Å²) in [5.41, 5.74) is 0.0704. The largest absolute Gasteiger partial charge is 0.508 e. The summed E-state index contributed by atoms with van der Waals surface area (Å²) in [6.45, 7) is 4.18. The van der Waals surface area contributed by atoms with Gasteiger partial charge < -0.3 is 5.11 Å². The van der Waals surface area contributed by atoms with Crippen molar-refractivity contribution in [1.82, 2.24) is 0 Å². The Kier molecular flexibility index (Phi) is 1.66. The van der Waals surface area contributed by atoms with E-state index in [2.05, 4.69) is 13.8 Å². The van der Waals surface area contributed by atoms with Crippen LogP contribution in [-0.4, -0.2) is 5.11 Å². The predicted octanol–water partition coefficient (Wildman–Crippen LogP) is 2.58. The van der Waals surface area contributed by atoms with Crippen molar-refractivity contribution >= 4 is 0 Å². The van der Waals surface area contributed by atoms with Crippen LogP contribution in [0, 0.1) is 5.41 Å². The van der Waals surface area contributed by atoms with Crippen molar-refractivity contribution < 1.29 is 5.11 Å². The highest BCUT2D eigenvalue weighted by Gasteiger charge is 2.09. The SMILES string of the molecule is CC1(C)C=CC=C(O)C=C1. The van der Waals surface area contributed by atoms with Gasteiger partial charge in [-0.15, -0.1) is 0 Å². The molecule has 1 N–H and O–H groups in total. The molecule has 1 rings (SSSR count). The third-order valence-electron chi connectivity index (χ3n) is 1.48. The van der Waals surface area contributed by atoms with Crippen LogP contribution in [0.1, 0.15) is 13.8 Å². The molecule has 1 nitrogen and oxygen atoms in total. The lowest BCUT2D eigenvalue weighted by molar-refractivity contribution is 0.432. The second kappa shape index (κ2) is 2.33. The Bertz CT molecular complexity index is 207. The number of aliphatic hydroxyl groups excluding tert-OH is 1. The number of hydrogen-bond donors (Lipinski definition) is 1. The smallest absolute Gasteiger partial charge is 0.115 e. The average Bonchev–Trinajstić information content (AvgIpc) is 1.94. The van der Waals surface area contributed by atoms with Gasteiger partial charge in [0.05, 0.1) is 0 Å². The van der Waals surface area contributed by atoms with Gasteiger partial charge in [0.25, 0.3) is 0 Å². The Morgan fingerprint density at radius 1 is 1.30 bits per heavy atom. The zero-order chi connectivity index (χ0) is 7.61. The predicted molar refractivity (Wildman–Crippen MR) is 42.8 cm³/mol. The van der Waals surface area contributed by atoms with E-state index >= 15 is 0 Å². The molecule has 0 aromatic heterocycles. The van der Waals surface area contributed by atoms with Gasteiger partial charge in [0, 0.05) is 5.41 Å². The number of hydrogen-bond acceptors (Lipinski definition) is 1. The zero-order valence-corrected chi connectivity index (χ0v) is 6.33. The van der Waals surface area contributed by atoms with E-state index in [-0.39, 0.29) is 5.41 Å². The topological polar surface area (TPSA) is 20.2 Å². The maximum absolute atomic E-state index is 9.04. The molecule has 1 heteroatoms. The first-order chi connectivity index (χ1) is 4.60. The van der Waals surface area contributed by atoms with Crippen LogP contribution < -0.4 is 0 Å². The van der Waals surface area contributed by atoms with Crippen LogP contribution in [0.3, 0.4) is 0 Å². The quantitative estimate of drug-likeness (QED) is 0.542. The first-order valence-electron chi connectivity index (χ1n) is 3.38. The number of rotatable bonds is 0. The summed E-state index contributed by atoms with van der Waals surface area (Å²) in [5.74, 6) is 0.321. The van der Waals surface area contributed by atoms with Crippen molar-refractivity contribution in [3.63, 3.8) is 0 Å². The lowest BCUT2D eigenvalue weighted by Gasteiger charge is -2.11. The second-order valence-electron chi connectivity index (χ2n) is 3.11. The highest BCUT2D eigenvalue weighted by Crippen LogP contribution is 2.21. The van der Waals surface area contributed by atoms with E-state index in [9.17, 15) is 0 Å². The molecule has 0 saturated heterocycles. The van der Waals surface area contributed by atoms with Crippen molar-refractivity contribution in [1.29, 1.82) is 0 Å². The zero-order valence-electron chi connectivity index (χ0n) is 6.33. The maximum Gasteiger partial charge on any atom is 0.115 e. The molecule has 54 valence electrons. The molecule has 0 unspecified atom stereocenters. The van der Waals surface area contributed by atoms with Crippen molar-refractivity contribution in [3.8, 4) is 0 Å². The minimum atomic E-state index is 0.0704. The standard InChI is InChI=1S/C9H12O/c1-9(2)6-3-4-8(10)5-7-9/h3-7,10H,1-2H3. The molecule has 0 aromatic rings. The monoisotopic (exact) mass is 136 g/mol. The lowest BCUT2D eigenvalue weighted by Crippen LogP contribution is -2.00. The molecular weight excluding hydrogens is 124 g/mol. The first kappa shape index (κ1) is 7.13. The van der Waals surface area contributed by atoms with Crippen LogP contribution in [0.4, 0.5) is 0 Å². The molecule has 0 spiro atoms. The van der Waals surface area contributed by atoms with E-state index in [1.807, 2.05) is 18.2 Å². The van der Waals surface area contributed by atoms with Crippen molar-refractivity contribution in [2.75, 3.05) is 0 Å². The third kappa shape index (κ3) is 1.76. The summed E-state index contributed by atoms with van der Waals surface area (Å²) >= 11 is 0. The molecule has 0 atom stereocenters. The summed E-state index contributed by atoms with van der Waals surface area (Å²) in [6, 6.07) is 0. The molecule has 1 aliphatic carbocycles. The highest BCUT2D eigenvalue weighted by molar-refractivity contribution is 5.26. The van der Waals surface area contributed by atoms with E-state index < -0.39 is 0 Å². The molecule has 0 aliphatic heterocycles. The fourth-order valence-electron chi connectivity index (χ4n) is 0.806. The maximum atomic E-state index is 9.04. The van der Waals surface area contributed by atoms with Crippen LogP contribution in [0.15, 0.2) is 36.1 Å². The fourth-order valence-corrected chi connectivity index (χ4v) is 0.806. The number of aliphatic hydroxyl groups is 1. The molecule has 0 fully saturated rings. The first-order valence-corrected chi connectivity index (χ1v) is 3.38. The normalized spacial score (nSPS) is 22.0. The van der Waals surface area contributed by atoms with Gasteiger partial charge in [-0.05, 0) is 12.2 Å². The van der Waals surface area contributed by atoms with E-state index in [4.69, 9.17) is 5.11 Å². The highest BCUT2D eigenvalue weighted by atomic mass is 16.3. The summed E-state index contributed by atoms with van der Waals surface area (Å²) in [5, 5.41) is 9.04. The molecule has 0 aromatic carbocycles. The molecule has 0 amide bonds. The van der Waals surface area contributed by atoms with Crippen LogP contribution in [-0.2, 0) is 0 Å². The lowest BCUT2D eigenvalue weighted by atomic mass is 9.93. The molecule has 10 heavy (non-hydrogen) atoms. The van der Waals surface area contributed by atoms with Crippen molar-refractivity contribution in [2.45, 2.75) is 13.8 Å².